The van der Waals surface area contributed by atoms with Crippen LogP contribution >= 0.6 is 0 Å². The van der Waals surface area contributed by atoms with Crippen LogP contribution < -0.4 is 9.47 Å². The van der Waals surface area contributed by atoms with Gasteiger partial charge in [0, 0.05) is 11.1 Å². The van der Waals surface area contributed by atoms with Crippen LogP contribution in [0.25, 0.3) is 11.6 Å². The van der Waals surface area contributed by atoms with E-state index in [-0.39, 0.29) is 24.1 Å². The van der Waals surface area contributed by atoms with E-state index in [0.717, 1.165) is 5.56 Å². The normalized spacial score (nSPS) is 14.5. The highest BCUT2D eigenvalue weighted by Crippen LogP contribution is 2.33. The monoisotopic (exact) mass is 415 g/mol. The summed E-state index contributed by atoms with van der Waals surface area (Å²) >= 11 is 0. The Kier molecular flexibility index (Phi) is 5.45. The van der Waals surface area contributed by atoms with Crippen LogP contribution in [0.5, 0.6) is 17.2 Å². The number of amides is 2. The molecule has 4 rings (SSSR count). The van der Waals surface area contributed by atoms with Crippen LogP contribution in [-0.4, -0.2) is 36.0 Å². The van der Waals surface area contributed by atoms with Crippen LogP contribution in [-0.2, 0) is 11.3 Å². The summed E-state index contributed by atoms with van der Waals surface area (Å²) in [5, 5.41) is 9.85. The van der Waals surface area contributed by atoms with E-state index in [4.69, 9.17) is 9.47 Å². The Labute approximate surface area is 180 Å². The Bertz CT molecular complexity index is 1180. The fourth-order valence-corrected chi connectivity index (χ4v) is 3.55. The molecule has 0 bridgehead atoms. The summed E-state index contributed by atoms with van der Waals surface area (Å²) < 4.78 is 10.3. The number of benzene rings is 3. The van der Waals surface area contributed by atoms with Crippen molar-refractivity contribution in [2.24, 2.45) is 0 Å². The van der Waals surface area contributed by atoms with Gasteiger partial charge < -0.3 is 14.6 Å². The number of hydrogen-bond donors (Lipinski definition) is 1. The third-order valence-corrected chi connectivity index (χ3v) is 5.18. The van der Waals surface area contributed by atoms with Gasteiger partial charge in [-0.25, -0.2) is 0 Å². The zero-order valence-corrected chi connectivity index (χ0v) is 17.2. The second-order valence-corrected chi connectivity index (χ2v) is 7.08. The molecule has 3 aromatic carbocycles. The number of aromatic hydroxyl groups is 1. The largest absolute Gasteiger partial charge is 0.504 e. The minimum atomic E-state index is -0.383. The number of hydrogen-bond acceptors (Lipinski definition) is 5. The summed E-state index contributed by atoms with van der Waals surface area (Å²) in [7, 11) is 3.04. The molecule has 31 heavy (non-hydrogen) atoms. The number of ether oxygens (including phenoxy) is 2. The molecule has 1 aliphatic heterocycles. The van der Waals surface area contributed by atoms with Gasteiger partial charge in [0.2, 0.25) is 0 Å². The quantitative estimate of drug-likeness (QED) is 0.501. The van der Waals surface area contributed by atoms with E-state index in [1.165, 1.54) is 18.1 Å². The molecule has 6 heteroatoms. The summed E-state index contributed by atoms with van der Waals surface area (Å²) in [4.78, 5) is 27.7. The highest BCUT2D eigenvalue weighted by atomic mass is 16.5. The first-order chi connectivity index (χ1) is 15.0. The number of carbonyl (C=O) groups excluding carboxylic acids is 2. The summed E-state index contributed by atoms with van der Waals surface area (Å²) in [5.74, 6) is 0.295. The Morgan fingerprint density at radius 2 is 1.58 bits per heavy atom. The van der Waals surface area contributed by atoms with E-state index < -0.39 is 0 Å². The molecule has 156 valence electrons. The lowest BCUT2D eigenvalue weighted by molar-refractivity contribution is -0.123. The van der Waals surface area contributed by atoms with Crippen LogP contribution in [0.4, 0.5) is 0 Å². The third-order valence-electron chi connectivity index (χ3n) is 5.18. The van der Waals surface area contributed by atoms with Gasteiger partial charge in [-0.1, -0.05) is 36.4 Å². The predicted octanol–water partition coefficient (Wildman–Crippen LogP) is 4.13. The molecule has 1 N–H and O–H groups in total. The first-order valence-corrected chi connectivity index (χ1v) is 9.69. The van der Waals surface area contributed by atoms with Gasteiger partial charge in [0.15, 0.2) is 11.5 Å². The van der Waals surface area contributed by atoms with Crippen LogP contribution in [0.15, 0.2) is 66.7 Å². The van der Waals surface area contributed by atoms with Gasteiger partial charge in [0.05, 0.1) is 20.8 Å². The topological polar surface area (TPSA) is 76.1 Å². The predicted molar refractivity (Wildman–Crippen MR) is 117 cm³/mol. The number of fused-ring (bicyclic) bond motifs is 1. The minimum absolute atomic E-state index is 0.0105. The van der Waals surface area contributed by atoms with Crippen LogP contribution in [0.3, 0.4) is 0 Å². The molecule has 0 spiro atoms. The van der Waals surface area contributed by atoms with Crippen molar-refractivity contribution in [3.63, 3.8) is 0 Å². The second kappa shape index (κ2) is 8.36. The lowest BCUT2D eigenvalue weighted by Crippen LogP contribution is -2.41. The Morgan fingerprint density at radius 1 is 0.871 bits per heavy atom. The molecule has 0 saturated carbocycles. The number of carbonyl (C=O) groups is 2. The molecule has 1 aliphatic rings. The molecule has 0 aliphatic carbocycles. The van der Waals surface area contributed by atoms with E-state index in [2.05, 4.69) is 0 Å². The number of phenolic OH excluding ortho intramolecular Hbond substituents is 1. The standard InChI is InChI=1S/C25H21NO5/c1-30-18-10-7-16(8-11-18)15-26-24(28)20-6-4-3-5-19(20)21(25(26)29)13-17-9-12-22(27)23(14-17)31-2/h3-14,27H,15H2,1-2H3. The zero-order chi connectivity index (χ0) is 22.0. The summed E-state index contributed by atoms with van der Waals surface area (Å²) in [6.45, 7) is 0.145. The van der Waals surface area contributed by atoms with Gasteiger partial charge in [-0.05, 0) is 53.1 Å². The average Bonchev–Trinajstić information content (AvgIpc) is 2.81. The smallest absolute Gasteiger partial charge is 0.261 e. The second-order valence-electron chi connectivity index (χ2n) is 7.08. The van der Waals surface area contributed by atoms with Gasteiger partial charge in [0.1, 0.15) is 5.75 Å². The molecular weight excluding hydrogens is 394 g/mol. The SMILES string of the molecule is COc1ccc(CN2C(=O)C(=Cc3ccc(O)c(OC)c3)c3ccccc3C2=O)cc1. The number of phenols is 1. The van der Waals surface area contributed by atoms with E-state index in [0.29, 0.717) is 33.8 Å². The molecule has 0 unspecified atom stereocenters. The maximum Gasteiger partial charge on any atom is 0.261 e. The van der Waals surface area contributed by atoms with Gasteiger partial charge in [-0.15, -0.1) is 0 Å². The molecule has 6 nitrogen and oxygen atoms in total. The van der Waals surface area contributed by atoms with E-state index >= 15 is 0 Å². The first-order valence-electron chi connectivity index (χ1n) is 9.69. The Hall–Kier alpha value is -4.06. The highest BCUT2D eigenvalue weighted by molar-refractivity contribution is 6.33. The molecule has 0 aromatic heterocycles. The van der Waals surface area contributed by atoms with Gasteiger partial charge in [-0.2, -0.15) is 0 Å². The first kappa shape index (κ1) is 20.2. The van der Waals surface area contributed by atoms with E-state index in [1.54, 1.807) is 61.7 Å². The maximum atomic E-state index is 13.4. The lowest BCUT2D eigenvalue weighted by Gasteiger charge is -2.29. The van der Waals surface area contributed by atoms with Crippen molar-refractivity contribution in [3.8, 4) is 17.2 Å². The van der Waals surface area contributed by atoms with Crippen molar-refractivity contribution >= 4 is 23.5 Å². The number of rotatable bonds is 5. The molecule has 0 radical (unpaired) electrons. The van der Waals surface area contributed by atoms with Crippen molar-refractivity contribution in [2.75, 3.05) is 14.2 Å². The van der Waals surface area contributed by atoms with Crippen molar-refractivity contribution in [2.45, 2.75) is 6.54 Å². The summed E-state index contributed by atoms with van der Waals surface area (Å²) in [6.07, 6.45) is 1.70. The van der Waals surface area contributed by atoms with E-state index in [1.807, 2.05) is 12.1 Å². The summed E-state index contributed by atoms with van der Waals surface area (Å²) in [6, 6.07) is 19.1. The van der Waals surface area contributed by atoms with Gasteiger partial charge >= 0.3 is 0 Å². The number of methoxy groups -OCH3 is 2. The van der Waals surface area contributed by atoms with Gasteiger partial charge in [-0.3, -0.25) is 14.5 Å². The average molecular weight is 415 g/mol. The lowest BCUT2D eigenvalue weighted by atomic mass is 9.91. The molecule has 0 saturated heterocycles. The number of imide groups is 1. The van der Waals surface area contributed by atoms with E-state index in [9.17, 15) is 14.7 Å². The maximum absolute atomic E-state index is 13.4. The fourth-order valence-electron chi connectivity index (χ4n) is 3.55. The fraction of sp³-hybridized carbons (Fsp3) is 0.120. The van der Waals surface area contributed by atoms with Crippen LogP contribution in [0.1, 0.15) is 27.0 Å². The highest BCUT2D eigenvalue weighted by Gasteiger charge is 2.34. The zero-order valence-electron chi connectivity index (χ0n) is 17.2. The molecule has 0 atom stereocenters. The van der Waals surface area contributed by atoms with Crippen molar-refractivity contribution in [3.05, 3.63) is 89.0 Å². The third kappa shape index (κ3) is 3.88. The summed E-state index contributed by atoms with van der Waals surface area (Å²) in [5.41, 5.74) is 2.93. The molecule has 0 fully saturated rings. The van der Waals surface area contributed by atoms with Crippen molar-refractivity contribution < 1.29 is 24.2 Å². The Balaban J connectivity index is 1.76. The van der Waals surface area contributed by atoms with Crippen molar-refractivity contribution in [1.82, 2.24) is 4.90 Å². The Morgan fingerprint density at radius 3 is 2.26 bits per heavy atom. The molecule has 2 amide bonds. The van der Waals surface area contributed by atoms with Crippen LogP contribution in [0, 0.1) is 0 Å². The van der Waals surface area contributed by atoms with Gasteiger partial charge in [0.25, 0.3) is 11.8 Å². The minimum Gasteiger partial charge on any atom is -0.504 e. The molecule has 3 aromatic rings. The van der Waals surface area contributed by atoms with Crippen LogP contribution in [0.2, 0.25) is 0 Å². The molecule has 1 heterocycles. The molecular formula is C25H21NO5. The number of nitrogens with zero attached hydrogens (tertiary/aromatic N) is 1. The van der Waals surface area contributed by atoms with Crippen molar-refractivity contribution in [1.29, 1.82) is 0 Å².